The van der Waals surface area contributed by atoms with Crippen molar-refractivity contribution in [3.63, 3.8) is 0 Å². The Kier molecular flexibility index (Phi) is 3.21. The maximum atomic E-state index is 10.3. The Morgan fingerprint density at radius 1 is 0.947 bits per heavy atom. The van der Waals surface area contributed by atoms with Crippen LogP contribution in [-0.4, -0.2) is 15.3 Å². The molecule has 0 radical (unpaired) electrons. The van der Waals surface area contributed by atoms with E-state index in [-0.39, 0.29) is 0 Å². The summed E-state index contributed by atoms with van der Waals surface area (Å²) in [7, 11) is 0. The van der Waals surface area contributed by atoms with Crippen LogP contribution in [0.3, 0.4) is 0 Å². The van der Waals surface area contributed by atoms with E-state index in [9.17, 15) is 5.11 Å². The van der Waals surface area contributed by atoms with E-state index in [4.69, 9.17) is 0 Å². The van der Waals surface area contributed by atoms with E-state index in [0.717, 1.165) is 22.0 Å². The van der Waals surface area contributed by atoms with Gasteiger partial charge in [-0.05, 0) is 17.2 Å². The van der Waals surface area contributed by atoms with Crippen molar-refractivity contribution in [2.24, 2.45) is 0 Å². The first-order valence-electron chi connectivity index (χ1n) is 6.27. The summed E-state index contributed by atoms with van der Waals surface area (Å²) in [6.07, 6.45) is 1.75. The molecule has 0 fully saturated rings. The molecule has 2 aromatic carbocycles. The topological polar surface area (TPSA) is 46.0 Å². The molecular formula is C16H14N2O. The molecule has 0 amide bonds. The summed E-state index contributed by atoms with van der Waals surface area (Å²) in [5.41, 5.74) is 2.80. The highest BCUT2D eigenvalue weighted by molar-refractivity contribution is 5.81. The van der Waals surface area contributed by atoms with Gasteiger partial charge in [0, 0.05) is 11.8 Å². The number of nitrogens with zero attached hydrogens (tertiary/aromatic N) is 2. The maximum Gasteiger partial charge on any atom is 0.0932 e. The first-order valence-corrected chi connectivity index (χ1v) is 6.27. The van der Waals surface area contributed by atoms with Gasteiger partial charge in [-0.25, -0.2) is 0 Å². The van der Waals surface area contributed by atoms with E-state index in [1.165, 1.54) is 0 Å². The van der Waals surface area contributed by atoms with Crippen LogP contribution in [0.25, 0.3) is 10.9 Å². The summed E-state index contributed by atoms with van der Waals surface area (Å²) in [6, 6.07) is 17.5. The van der Waals surface area contributed by atoms with Crippen LogP contribution in [0.1, 0.15) is 17.2 Å². The first-order chi connectivity index (χ1) is 9.34. The van der Waals surface area contributed by atoms with Crippen molar-refractivity contribution in [1.29, 1.82) is 0 Å². The van der Waals surface area contributed by atoms with Crippen molar-refractivity contribution in [3.8, 4) is 0 Å². The van der Waals surface area contributed by atoms with Crippen LogP contribution in [0.5, 0.6) is 0 Å². The first kappa shape index (κ1) is 11.8. The number of hydrogen-bond acceptors (Lipinski definition) is 3. The van der Waals surface area contributed by atoms with Crippen LogP contribution in [0.4, 0.5) is 0 Å². The quantitative estimate of drug-likeness (QED) is 0.777. The van der Waals surface area contributed by atoms with Crippen molar-refractivity contribution in [3.05, 3.63) is 71.9 Å². The SMILES string of the molecule is OC(Cc1cnnc2ccccc12)c1ccccc1. The molecule has 3 aromatic rings. The fraction of sp³-hybridized carbons (Fsp3) is 0.125. The average molecular weight is 250 g/mol. The minimum Gasteiger partial charge on any atom is -0.388 e. The van der Waals surface area contributed by atoms with Gasteiger partial charge in [0.25, 0.3) is 0 Å². The highest BCUT2D eigenvalue weighted by Crippen LogP contribution is 2.22. The number of benzene rings is 2. The maximum absolute atomic E-state index is 10.3. The summed E-state index contributed by atoms with van der Waals surface area (Å²) in [4.78, 5) is 0. The Morgan fingerprint density at radius 2 is 1.68 bits per heavy atom. The second-order valence-corrected chi connectivity index (χ2v) is 4.52. The smallest absolute Gasteiger partial charge is 0.0932 e. The molecule has 19 heavy (non-hydrogen) atoms. The molecule has 1 heterocycles. The van der Waals surface area contributed by atoms with Gasteiger partial charge in [-0.2, -0.15) is 10.2 Å². The zero-order valence-corrected chi connectivity index (χ0v) is 10.4. The Labute approximate surface area is 111 Å². The van der Waals surface area contributed by atoms with E-state index >= 15 is 0 Å². The van der Waals surface area contributed by atoms with Crippen molar-refractivity contribution < 1.29 is 5.11 Å². The van der Waals surface area contributed by atoms with Gasteiger partial charge >= 0.3 is 0 Å². The molecule has 0 saturated heterocycles. The van der Waals surface area contributed by atoms with Crippen LogP contribution < -0.4 is 0 Å². The molecule has 3 nitrogen and oxygen atoms in total. The molecule has 1 N–H and O–H groups in total. The summed E-state index contributed by atoms with van der Waals surface area (Å²) >= 11 is 0. The fourth-order valence-electron chi connectivity index (χ4n) is 2.23. The van der Waals surface area contributed by atoms with Crippen molar-refractivity contribution in [2.45, 2.75) is 12.5 Å². The highest BCUT2D eigenvalue weighted by atomic mass is 16.3. The molecule has 1 aromatic heterocycles. The van der Waals surface area contributed by atoms with Gasteiger partial charge in [0.05, 0.1) is 17.8 Å². The van der Waals surface area contributed by atoms with Crippen LogP contribution in [-0.2, 0) is 6.42 Å². The molecule has 0 aliphatic carbocycles. The van der Waals surface area contributed by atoms with Crippen LogP contribution in [0.2, 0.25) is 0 Å². The second kappa shape index (κ2) is 5.16. The normalized spacial score (nSPS) is 12.5. The minimum atomic E-state index is -0.520. The number of hydrogen-bond donors (Lipinski definition) is 1. The average Bonchev–Trinajstić information content (AvgIpc) is 2.48. The van der Waals surface area contributed by atoms with Crippen LogP contribution in [0.15, 0.2) is 60.8 Å². The van der Waals surface area contributed by atoms with E-state index in [2.05, 4.69) is 10.2 Å². The molecule has 0 aliphatic rings. The lowest BCUT2D eigenvalue weighted by molar-refractivity contribution is 0.178. The Bertz CT molecular complexity index is 677. The molecule has 1 atom stereocenters. The third-order valence-electron chi connectivity index (χ3n) is 3.23. The summed E-state index contributed by atoms with van der Waals surface area (Å²) in [6.45, 7) is 0. The molecule has 94 valence electrons. The largest absolute Gasteiger partial charge is 0.388 e. The number of aromatic nitrogens is 2. The summed E-state index contributed by atoms with van der Waals surface area (Å²) in [5, 5.41) is 19.4. The number of rotatable bonds is 3. The molecule has 1 unspecified atom stereocenters. The lowest BCUT2D eigenvalue weighted by Gasteiger charge is -2.12. The number of fused-ring (bicyclic) bond motifs is 1. The van der Waals surface area contributed by atoms with Crippen LogP contribution >= 0.6 is 0 Å². The van der Waals surface area contributed by atoms with Gasteiger partial charge in [0.1, 0.15) is 0 Å². The predicted octanol–water partition coefficient (Wildman–Crippen LogP) is 2.91. The summed E-state index contributed by atoms with van der Waals surface area (Å²) < 4.78 is 0. The lowest BCUT2D eigenvalue weighted by Crippen LogP contribution is -2.03. The Balaban J connectivity index is 1.94. The third-order valence-corrected chi connectivity index (χ3v) is 3.23. The third kappa shape index (κ3) is 2.46. The standard InChI is InChI=1S/C16H14N2O/c19-16(12-6-2-1-3-7-12)10-13-11-17-18-15-9-5-4-8-14(13)15/h1-9,11,16,19H,10H2. The second-order valence-electron chi connectivity index (χ2n) is 4.52. The molecular weight excluding hydrogens is 236 g/mol. The molecule has 3 rings (SSSR count). The van der Waals surface area contributed by atoms with E-state index in [1.807, 2.05) is 54.6 Å². The van der Waals surface area contributed by atoms with E-state index in [0.29, 0.717) is 6.42 Å². The fourth-order valence-corrected chi connectivity index (χ4v) is 2.23. The Morgan fingerprint density at radius 3 is 2.53 bits per heavy atom. The molecule has 0 spiro atoms. The molecule has 0 aliphatic heterocycles. The zero-order chi connectivity index (χ0) is 13.1. The van der Waals surface area contributed by atoms with Gasteiger partial charge in [-0.1, -0.05) is 48.5 Å². The van der Waals surface area contributed by atoms with Crippen molar-refractivity contribution in [1.82, 2.24) is 10.2 Å². The summed E-state index contributed by atoms with van der Waals surface area (Å²) in [5.74, 6) is 0. The Hall–Kier alpha value is -2.26. The highest BCUT2D eigenvalue weighted by Gasteiger charge is 2.10. The van der Waals surface area contributed by atoms with Gasteiger partial charge in [0.2, 0.25) is 0 Å². The van der Waals surface area contributed by atoms with Gasteiger partial charge in [-0.3, -0.25) is 0 Å². The number of aliphatic hydroxyl groups excluding tert-OH is 1. The van der Waals surface area contributed by atoms with Crippen LogP contribution in [0, 0.1) is 0 Å². The predicted molar refractivity (Wildman–Crippen MR) is 74.6 cm³/mol. The molecule has 0 bridgehead atoms. The monoisotopic (exact) mass is 250 g/mol. The lowest BCUT2D eigenvalue weighted by atomic mass is 10.00. The van der Waals surface area contributed by atoms with Gasteiger partial charge in [0.15, 0.2) is 0 Å². The molecule has 0 saturated carbocycles. The van der Waals surface area contributed by atoms with Gasteiger partial charge < -0.3 is 5.11 Å². The number of aliphatic hydroxyl groups is 1. The minimum absolute atomic E-state index is 0.520. The van der Waals surface area contributed by atoms with Gasteiger partial charge in [-0.15, -0.1) is 0 Å². The zero-order valence-electron chi connectivity index (χ0n) is 10.4. The van der Waals surface area contributed by atoms with E-state index < -0.39 is 6.10 Å². The van der Waals surface area contributed by atoms with Crippen molar-refractivity contribution >= 4 is 10.9 Å². The van der Waals surface area contributed by atoms with Crippen molar-refractivity contribution in [2.75, 3.05) is 0 Å². The van der Waals surface area contributed by atoms with E-state index in [1.54, 1.807) is 6.20 Å². The molecule has 3 heteroatoms.